The Hall–Kier alpha value is -3.45. The molecule has 0 radical (unpaired) electrons. The van der Waals surface area contributed by atoms with E-state index in [1.165, 1.54) is 17.1 Å². The molecule has 0 aromatic carbocycles. The lowest BCUT2D eigenvalue weighted by molar-refractivity contribution is -0.140. The topological polar surface area (TPSA) is 121 Å². The number of nitrogens with one attached hydrogen (secondary N) is 1. The van der Waals surface area contributed by atoms with Crippen LogP contribution in [0.5, 0.6) is 0 Å². The van der Waals surface area contributed by atoms with Crippen LogP contribution in [-0.2, 0) is 17.5 Å². The van der Waals surface area contributed by atoms with E-state index in [1.807, 2.05) is 6.92 Å². The van der Waals surface area contributed by atoms with Gasteiger partial charge in [-0.25, -0.2) is 4.98 Å². The molecule has 0 saturated heterocycles. The highest BCUT2D eigenvalue weighted by atomic mass is 35.5. The number of alkyl halides is 3. The van der Waals surface area contributed by atoms with Gasteiger partial charge in [0, 0.05) is 29.9 Å². The summed E-state index contributed by atoms with van der Waals surface area (Å²) >= 11 is 6.56. The third kappa shape index (κ3) is 4.60. The van der Waals surface area contributed by atoms with Gasteiger partial charge in [0.25, 0.3) is 5.91 Å². The Balaban J connectivity index is 1.95. The summed E-state index contributed by atoms with van der Waals surface area (Å²) in [5.41, 5.74) is 5.36. The van der Waals surface area contributed by atoms with Gasteiger partial charge in [-0.1, -0.05) is 11.6 Å². The molecule has 0 aliphatic heterocycles. The molecule has 35 heavy (non-hydrogen) atoms. The fourth-order valence-corrected chi connectivity index (χ4v) is 4.72. The molecule has 0 fully saturated rings. The number of hydrogen-bond acceptors (Lipinski definition) is 6. The Bertz CT molecular complexity index is 1460. The summed E-state index contributed by atoms with van der Waals surface area (Å²) < 4.78 is 44.0. The van der Waals surface area contributed by atoms with Gasteiger partial charge in [0.1, 0.15) is 21.4 Å². The van der Waals surface area contributed by atoms with Crippen molar-refractivity contribution in [2.24, 2.45) is 5.73 Å². The number of halogens is 4. The lowest BCUT2D eigenvalue weighted by Crippen LogP contribution is -2.25. The normalized spacial score (nSPS) is 12.8. The Morgan fingerprint density at radius 1 is 1.29 bits per heavy atom. The maximum atomic E-state index is 13.7. The number of carbonyl (C=O) groups excluding carboxylic acids is 2. The Labute approximate surface area is 205 Å². The van der Waals surface area contributed by atoms with Crippen LogP contribution in [0.2, 0.25) is 5.02 Å². The van der Waals surface area contributed by atoms with Gasteiger partial charge in [-0.05, 0) is 32.4 Å². The third-order valence-corrected chi connectivity index (χ3v) is 6.62. The number of thiophene rings is 1. The smallest absolute Gasteiger partial charge is 0.365 e. The molecular weight excluding hydrogens is 507 g/mol. The molecule has 14 heteroatoms. The van der Waals surface area contributed by atoms with Gasteiger partial charge in [-0.2, -0.15) is 23.4 Å². The molecule has 184 valence electrons. The average molecular weight is 526 g/mol. The van der Waals surface area contributed by atoms with Crippen molar-refractivity contribution < 1.29 is 22.8 Å². The highest BCUT2D eigenvalue weighted by Crippen LogP contribution is 2.44. The first kappa shape index (κ1) is 24.7. The van der Waals surface area contributed by atoms with Crippen LogP contribution in [0.1, 0.15) is 40.9 Å². The highest BCUT2D eigenvalue weighted by Gasteiger charge is 2.35. The van der Waals surface area contributed by atoms with Crippen molar-refractivity contribution in [3.63, 3.8) is 0 Å². The number of nitrogens with two attached hydrogens (primary N) is 1. The van der Waals surface area contributed by atoms with Crippen LogP contribution in [-0.4, -0.2) is 36.4 Å². The lowest BCUT2D eigenvalue weighted by atomic mass is 10.0. The molecule has 1 atom stereocenters. The standard InChI is InChI=1S/C21H19ClF3N7O2S/c1-4-31-8-13(9(2)30-31)12-5-14(21(23,24)25)28-20-15(12)16(17(35-20)18(26)33)29-19(34)10(3)32-7-11(22)6-27-32/h5-8,10H,4H2,1-3H3,(H2,26,33)(H,29,34). The number of aryl methyl sites for hydroxylation is 2. The van der Waals surface area contributed by atoms with E-state index in [4.69, 9.17) is 17.3 Å². The van der Waals surface area contributed by atoms with E-state index in [9.17, 15) is 22.8 Å². The Morgan fingerprint density at radius 2 is 2.00 bits per heavy atom. The van der Waals surface area contributed by atoms with Gasteiger partial charge in [0.05, 0.1) is 22.6 Å². The van der Waals surface area contributed by atoms with Crippen LogP contribution in [0.15, 0.2) is 24.7 Å². The van der Waals surface area contributed by atoms with Gasteiger partial charge in [-0.3, -0.25) is 19.0 Å². The van der Waals surface area contributed by atoms with Gasteiger partial charge >= 0.3 is 6.18 Å². The van der Waals surface area contributed by atoms with E-state index >= 15 is 0 Å². The molecule has 0 saturated carbocycles. The molecule has 3 N–H and O–H groups in total. The van der Waals surface area contributed by atoms with Gasteiger partial charge in [-0.15, -0.1) is 11.3 Å². The summed E-state index contributed by atoms with van der Waals surface area (Å²) in [6.45, 7) is 5.53. The summed E-state index contributed by atoms with van der Waals surface area (Å²) in [5.74, 6) is -1.50. The third-order valence-electron chi connectivity index (χ3n) is 5.33. The predicted molar refractivity (Wildman–Crippen MR) is 125 cm³/mol. The van der Waals surface area contributed by atoms with Crippen molar-refractivity contribution in [3.8, 4) is 11.1 Å². The first-order chi connectivity index (χ1) is 16.4. The zero-order valence-corrected chi connectivity index (χ0v) is 20.2. The van der Waals surface area contributed by atoms with Gasteiger partial charge in [0.15, 0.2) is 0 Å². The number of primary amides is 1. The van der Waals surface area contributed by atoms with E-state index < -0.39 is 29.7 Å². The SMILES string of the molecule is CCn1cc(-c2cc(C(F)(F)F)nc3sc(C(N)=O)c(NC(=O)C(C)n4cc(Cl)cn4)c23)c(C)n1. The summed E-state index contributed by atoms with van der Waals surface area (Å²) in [6, 6.07) is 0.0320. The van der Waals surface area contributed by atoms with E-state index in [-0.39, 0.29) is 26.3 Å². The minimum absolute atomic E-state index is 0.0209. The van der Waals surface area contributed by atoms with E-state index in [1.54, 1.807) is 24.7 Å². The van der Waals surface area contributed by atoms with Crippen molar-refractivity contribution in [2.45, 2.75) is 39.5 Å². The molecule has 0 aliphatic rings. The van der Waals surface area contributed by atoms with E-state index in [2.05, 4.69) is 20.5 Å². The second kappa shape index (κ2) is 8.96. The largest absolute Gasteiger partial charge is 0.433 e. The van der Waals surface area contributed by atoms with Crippen LogP contribution in [0, 0.1) is 6.92 Å². The second-order valence-electron chi connectivity index (χ2n) is 7.69. The van der Waals surface area contributed by atoms with E-state index in [0.29, 0.717) is 34.2 Å². The van der Waals surface area contributed by atoms with Crippen molar-refractivity contribution in [1.82, 2.24) is 24.5 Å². The number of anilines is 1. The monoisotopic (exact) mass is 525 g/mol. The molecular formula is C21H19ClF3N7O2S. The van der Waals surface area contributed by atoms with Crippen LogP contribution in [0.25, 0.3) is 21.3 Å². The predicted octanol–water partition coefficient (Wildman–Crippen LogP) is 4.66. The van der Waals surface area contributed by atoms with Crippen LogP contribution < -0.4 is 11.1 Å². The Morgan fingerprint density at radius 3 is 2.54 bits per heavy atom. The number of fused-ring (bicyclic) bond motifs is 1. The van der Waals surface area contributed by atoms with Gasteiger partial charge in [0.2, 0.25) is 5.91 Å². The minimum Gasteiger partial charge on any atom is -0.365 e. The van der Waals surface area contributed by atoms with Crippen LogP contribution >= 0.6 is 22.9 Å². The average Bonchev–Trinajstić information content (AvgIpc) is 3.48. The van der Waals surface area contributed by atoms with Crippen molar-refractivity contribution in [3.05, 3.63) is 45.9 Å². The van der Waals surface area contributed by atoms with Crippen molar-refractivity contribution in [1.29, 1.82) is 0 Å². The molecule has 4 heterocycles. The number of carbonyl (C=O) groups is 2. The number of nitrogens with zero attached hydrogens (tertiary/aromatic N) is 5. The molecule has 1 unspecified atom stereocenters. The summed E-state index contributed by atoms with van der Waals surface area (Å²) in [4.78, 5) is 28.8. The molecule has 2 amide bonds. The number of rotatable bonds is 6. The summed E-state index contributed by atoms with van der Waals surface area (Å²) in [7, 11) is 0. The van der Waals surface area contributed by atoms with Crippen molar-refractivity contribution in [2.75, 3.05) is 5.32 Å². The fourth-order valence-electron chi connectivity index (χ4n) is 3.57. The van der Waals surface area contributed by atoms with Crippen LogP contribution in [0.4, 0.5) is 18.9 Å². The molecule has 4 aromatic heterocycles. The zero-order valence-electron chi connectivity index (χ0n) is 18.6. The maximum absolute atomic E-state index is 13.7. The molecule has 4 rings (SSSR count). The number of hydrogen-bond donors (Lipinski definition) is 2. The molecule has 0 aliphatic carbocycles. The highest BCUT2D eigenvalue weighted by molar-refractivity contribution is 7.21. The van der Waals surface area contributed by atoms with E-state index in [0.717, 1.165) is 6.07 Å². The molecule has 4 aromatic rings. The maximum Gasteiger partial charge on any atom is 0.433 e. The first-order valence-corrected chi connectivity index (χ1v) is 11.5. The van der Waals surface area contributed by atoms with Crippen molar-refractivity contribution >= 4 is 50.7 Å². The number of amides is 2. The zero-order chi connectivity index (χ0) is 25.7. The summed E-state index contributed by atoms with van der Waals surface area (Å²) in [6.07, 6.45) is -0.343. The number of aromatic nitrogens is 5. The van der Waals surface area contributed by atoms with Gasteiger partial charge < -0.3 is 11.1 Å². The second-order valence-corrected chi connectivity index (χ2v) is 9.13. The van der Waals surface area contributed by atoms with Crippen LogP contribution in [0.3, 0.4) is 0 Å². The molecule has 0 bridgehead atoms. The fraction of sp³-hybridized carbons (Fsp3) is 0.286. The Kier molecular flexibility index (Phi) is 6.32. The lowest BCUT2D eigenvalue weighted by Gasteiger charge is -2.15. The number of pyridine rings is 1. The quantitative estimate of drug-likeness (QED) is 0.379. The first-order valence-electron chi connectivity index (χ1n) is 10.3. The minimum atomic E-state index is -4.74. The molecule has 0 spiro atoms. The molecule has 9 nitrogen and oxygen atoms in total. The summed E-state index contributed by atoms with van der Waals surface area (Å²) in [5, 5.41) is 11.5.